The lowest BCUT2D eigenvalue weighted by atomic mass is 9.95. The predicted molar refractivity (Wildman–Crippen MR) is 148 cm³/mol. The zero-order chi connectivity index (χ0) is 27.6. The Labute approximate surface area is 226 Å². The standard InChI is InChI=1S/C30H30N4O5/c1-20-8-7-9-22(18-20)30(38)39-24-16-14-21(15-17-24)19-31-34-29(37)28(36)33-26-13-6-5-12-25(26)27(35)32-23-10-3-2-4-11-23/h5-9,12-19,23H,2-4,10-11H2,1H3,(H,32,35)(H,33,36)(H,34,37)/b31-19-. The van der Waals surface area contributed by atoms with Crippen molar-refractivity contribution in [3.05, 3.63) is 95.1 Å². The van der Waals surface area contributed by atoms with Gasteiger partial charge in [-0.2, -0.15) is 5.10 Å². The van der Waals surface area contributed by atoms with Crippen LogP contribution in [-0.4, -0.2) is 35.9 Å². The number of ether oxygens (including phenoxy) is 1. The number of amides is 3. The van der Waals surface area contributed by atoms with Gasteiger partial charge in [-0.25, -0.2) is 10.2 Å². The van der Waals surface area contributed by atoms with Crippen LogP contribution in [0.2, 0.25) is 0 Å². The zero-order valence-corrected chi connectivity index (χ0v) is 21.6. The minimum absolute atomic E-state index is 0.113. The minimum Gasteiger partial charge on any atom is -0.423 e. The number of benzene rings is 3. The fraction of sp³-hybridized carbons (Fsp3) is 0.233. The SMILES string of the molecule is Cc1cccc(C(=O)Oc2ccc(/C=N\NC(=O)C(=O)Nc3ccccc3C(=O)NC3CCCCC3)cc2)c1. The molecule has 0 saturated heterocycles. The molecule has 200 valence electrons. The number of para-hydroxylation sites is 1. The van der Waals surface area contributed by atoms with E-state index in [-0.39, 0.29) is 23.2 Å². The van der Waals surface area contributed by atoms with Crippen molar-refractivity contribution in [3.63, 3.8) is 0 Å². The highest BCUT2D eigenvalue weighted by atomic mass is 16.5. The Hall–Kier alpha value is -4.79. The molecule has 9 nitrogen and oxygen atoms in total. The van der Waals surface area contributed by atoms with Crippen LogP contribution in [0, 0.1) is 6.92 Å². The molecule has 1 saturated carbocycles. The molecule has 3 amide bonds. The van der Waals surface area contributed by atoms with E-state index in [0.717, 1.165) is 31.2 Å². The van der Waals surface area contributed by atoms with Crippen LogP contribution in [0.25, 0.3) is 0 Å². The third kappa shape index (κ3) is 7.85. The number of aryl methyl sites for hydroxylation is 1. The molecule has 1 fully saturated rings. The van der Waals surface area contributed by atoms with Crippen molar-refractivity contribution in [2.75, 3.05) is 5.32 Å². The molecule has 0 atom stereocenters. The molecule has 4 rings (SSSR count). The Morgan fingerprint density at radius 2 is 1.62 bits per heavy atom. The lowest BCUT2D eigenvalue weighted by molar-refractivity contribution is -0.136. The number of hydrazone groups is 1. The zero-order valence-electron chi connectivity index (χ0n) is 21.6. The molecule has 0 aliphatic heterocycles. The second-order valence-electron chi connectivity index (χ2n) is 9.34. The summed E-state index contributed by atoms with van der Waals surface area (Å²) in [6.45, 7) is 1.89. The first kappa shape index (κ1) is 27.3. The van der Waals surface area contributed by atoms with Gasteiger partial charge >= 0.3 is 17.8 Å². The maximum atomic E-state index is 12.8. The number of anilines is 1. The van der Waals surface area contributed by atoms with Gasteiger partial charge in [0.15, 0.2) is 0 Å². The lowest BCUT2D eigenvalue weighted by Gasteiger charge is -2.23. The molecule has 9 heteroatoms. The molecule has 39 heavy (non-hydrogen) atoms. The summed E-state index contributed by atoms with van der Waals surface area (Å²) in [5, 5.41) is 9.31. The van der Waals surface area contributed by atoms with Gasteiger partial charge in [-0.15, -0.1) is 0 Å². The number of hydrogen-bond acceptors (Lipinski definition) is 6. The molecule has 1 aliphatic rings. The van der Waals surface area contributed by atoms with Gasteiger partial charge in [0.1, 0.15) is 5.75 Å². The molecular formula is C30H30N4O5. The first-order valence-electron chi connectivity index (χ1n) is 12.8. The Morgan fingerprint density at radius 3 is 2.36 bits per heavy atom. The third-order valence-electron chi connectivity index (χ3n) is 6.29. The van der Waals surface area contributed by atoms with Gasteiger partial charge < -0.3 is 15.4 Å². The fourth-order valence-corrected chi connectivity index (χ4v) is 4.26. The summed E-state index contributed by atoms with van der Waals surface area (Å²) in [7, 11) is 0. The van der Waals surface area contributed by atoms with Crippen molar-refractivity contribution < 1.29 is 23.9 Å². The molecule has 3 aromatic carbocycles. The Morgan fingerprint density at radius 1 is 0.872 bits per heavy atom. The van der Waals surface area contributed by atoms with Crippen LogP contribution in [0.1, 0.15) is 63.9 Å². The summed E-state index contributed by atoms with van der Waals surface area (Å²) in [4.78, 5) is 49.8. The van der Waals surface area contributed by atoms with E-state index in [1.807, 2.05) is 13.0 Å². The van der Waals surface area contributed by atoms with Crippen molar-refractivity contribution >= 4 is 35.6 Å². The highest BCUT2D eigenvalue weighted by molar-refractivity contribution is 6.40. The number of nitrogens with one attached hydrogen (secondary N) is 3. The first-order chi connectivity index (χ1) is 18.9. The van der Waals surface area contributed by atoms with E-state index >= 15 is 0 Å². The van der Waals surface area contributed by atoms with Gasteiger partial charge in [-0.1, -0.05) is 49.1 Å². The topological polar surface area (TPSA) is 126 Å². The van der Waals surface area contributed by atoms with Crippen LogP contribution >= 0.6 is 0 Å². The van der Waals surface area contributed by atoms with Crippen LogP contribution in [0.5, 0.6) is 5.75 Å². The highest BCUT2D eigenvalue weighted by Gasteiger charge is 2.21. The number of esters is 1. The highest BCUT2D eigenvalue weighted by Crippen LogP contribution is 2.20. The number of carbonyl (C=O) groups is 4. The van der Waals surface area contributed by atoms with Crippen molar-refractivity contribution in [1.29, 1.82) is 0 Å². The Balaban J connectivity index is 1.28. The van der Waals surface area contributed by atoms with E-state index in [2.05, 4.69) is 21.2 Å². The molecule has 0 aromatic heterocycles. The van der Waals surface area contributed by atoms with E-state index in [0.29, 0.717) is 16.9 Å². The minimum atomic E-state index is -0.988. The fourth-order valence-electron chi connectivity index (χ4n) is 4.26. The van der Waals surface area contributed by atoms with Crippen molar-refractivity contribution in [1.82, 2.24) is 10.7 Å². The van der Waals surface area contributed by atoms with Gasteiger partial charge in [0.25, 0.3) is 5.91 Å². The molecule has 3 aromatic rings. The molecule has 0 radical (unpaired) electrons. The summed E-state index contributed by atoms with van der Waals surface area (Å²) in [6.07, 6.45) is 6.55. The molecule has 0 unspecified atom stereocenters. The molecule has 0 bridgehead atoms. The quantitative estimate of drug-likeness (QED) is 0.139. The maximum absolute atomic E-state index is 12.8. The van der Waals surface area contributed by atoms with Gasteiger partial charge in [-0.3, -0.25) is 14.4 Å². The van der Waals surface area contributed by atoms with Crippen molar-refractivity contribution in [2.45, 2.75) is 45.1 Å². The molecular weight excluding hydrogens is 496 g/mol. The summed E-state index contributed by atoms with van der Waals surface area (Å²) in [6, 6.07) is 20.2. The van der Waals surface area contributed by atoms with E-state index < -0.39 is 17.8 Å². The average molecular weight is 527 g/mol. The van der Waals surface area contributed by atoms with Crippen LogP contribution in [0.4, 0.5) is 5.69 Å². The largest absolute Gasteiger partial charge is 0.423 e. The smallest absolute Gasteiger partial charge is 0.343 e. The number of nitrogens with zero attached hydrogens (tertiary/aromatic N) is 1. The van der Waals surface area contributed by atoms with Crippen LogP contribution in [0.3, 0.4) is 0 Å². The number of hydrogen-bond donors (Lipinski definition) is 3. The maximum Gasteiger partial charge on any atom is 0.343 e. The second kappa shape index (κ2) is 13.1. The normalized spacial score (nSPS) is 13.5. The third-order valence-corrected chi connectivity index (χ3v) is 6.29. The van der Waals surface area contributed by atoms with Gasteiger partial charge in [0, 0.05) is 6.04 Å². The monoisotopic (exact) mass is 526 g/mol. The van der Waals surface area contributed by atoms with E-state index in [9.17, 15) is 19.2 Å². The van der Waals surface area contributed by atoms with E-state index in [1.165, 1.54) is 12.6 Å². The van der Waals surface area contributed by atoms with Crippen molar-refractivity contribution in [2.24, 2.45) is 5.10 Å². The lowest BCUT2D eigenvalue weighted by Crippen LogP contribution is -2.37. The number of rotatable bonds is 7. The Bertz CT molecular complexity index is 1380. The van der Waals surface area contributed by atoms with Gasteiger partial charge in [0.2, 0.25) is 0 Å². The molecule has 0 spiro atoms. The summed E-state index contributed by atoms with van der Waals surface area (Å²) < 4.78 is 5.38. The summed E-state index contributed by atoms with van der Waals surface area (Å²) >= 11 is 0. The van der Waals surface area contributed by atoms with E-state index in [1.54, 1.807) is 66.7 Å². The molecule has 1 aliphatic carbocycles. The first-order valence-corrected chi connectivity index (χ1v) is 12.8. The van der Waals surface area contributed by atoms with Gasteiger partial charge in [0.05, 0.1) is 23.0 Å². The second-order valence-corrected chi connectivity index (χ2v) is 9.34. The van der Waals surface area contributed by atoms with Gasteiger partial charge in [-0.05, 0) is 73.9 Å². The van der Waals surface area contributed by atoms with Crippen LogP contribution in [0.15, 0.2) is 77.9 Å². The van der Waals surface area contributed by atoms with Crippen LogP contribution < -0.4 is 20.8 Å². The van der Waals surface area contributed by atoms with Crippen molar-refractivity contribution in [3.8, 4) is 5.75 Å². The number of carbonyl (C=O) groups excluding carboxylic acids is 4. The summed E-state index contributed by atoms with van der Waals surface area (Å²) in [5.41, 5.74) is 4.72. The predicted octanol–water partition coefficient (Wildman–Crippen LogP) is 4.37. The molecule has 0 heterocycles. The average Bonchev–Trinajstić information content (AvgIpc) is 2.94. The summed E-state index contributed by atoms with van der Waals surface area (Å²) in [5.74, 6) is -2.34. The molecule has 3 N–H and O–H groups in total. The van der Waals surface area contributed by atoms with E-state index in [4.69, 9.17) is 4.74 Å². The van der Waals surface area contributed by atoms with Crippen LogP contribution in [-0.2, 0) is 9.59 Å². The Kier molecular flexibility index (Phi) is 9.18.